The minimum absolute atomic E-state index is 0.0702. The zero-order chi connectivity index (χ0) is 9.61. The van der Waals surface area contributed by atoms with Crippen LogP contribution in [0.5, 0.6) is 0 Å². The Hall–Kier alpha value is -0.120. The third-order valence-corrected chi connectivity index (χ3v) is 1.64. The van der Waals surface area contributed by atoms with Crippen LogP contribution in [-0.4, -0.2) is 31.1 Å². The first kappa shape index (κ1) is 11.9. The Morgan fingerprint density at radius 2 is 2.08 bits per heavy atom. The molecule has 0 amide bonds. The van der Waals surface area contributed by atoms with Gasteiger partial charge in [0, 0.05) is 5.41 Å². The lowest BCUT2D eigenvalue weighted by Gasteiger charge is -2.24. The molecule has 0 aromatic heterocycles. The summed E-state index contributed by atoms with van der Waals surface area (Å²) in [4.78, 5) is 0. The molecule has 0 aliphatic carbocycles. The maximum absolute atomic E-state index is 8.94. The Balaban J connectivity index is 3.52. The van der Waals surface area contributed by atoms with Gasteiger partial charge in [0.25, 0.3) is 0 Å². The van der Waals surface area contributed by atoms with Crippen molar-refractivity contribution in [2.24, 2.45) is 5.41 Å². The number of hydrogen-bond acceptors (Lipinski definition) is 3. The van der Waals surface area contributed by atoms with E-state index in [-0.39, 0.29) is 18.2 Å². The summed E-state index contributed by atoms with van der Waals surface area (Å²) in [6, 6.07) is 0. The lowest BCUT2D eigenvalue weighted by molar-refractivity contribution is -0.0224. The lowest BCUT2D eigenvalue weighted by Crippen LogP contribution is -2.33. The molecule has 0 saturated carbocycles. The fourth-order valence-electron chi connectivity index (χ4n) is 0.743. The van der Waals surface area contributed by atoms with Crippen LogP contribution in [-0.2, 0) is 4.74 Å². The third kappa shape index (κ3) is 5.52. The molecule has 0 aromatic rings. The van der Waals surface area contributed by atoms with Gasteiger partial charge in [-0.05, 0) is 13.5 Å². The van der Waals surface area contributed by atoms with Crippen molar-refractivity contribution in [3.63, 3.8) is 0 Å². The Kier molecular flexibility index (Phi) is 5.46. The fourth-order valence-corrected chi connectivity index (χ4v) is 0.743. The van der Waals surface area contributed by atoms with Gasteiger partial charge in [-0.3, -0.25) is 5.32 Å². The molecular weight excluding hydrogens is 154 g/mol. The van der Waals surface area contributed by atoms with E-state index >= 15 is 0 Å². The van der Waals surface area contributed by atoms with E-state index in [1.165, 1.54) is 0 Å². The maximum atomic E-state index is 8.94. The topological polar surface area (TPSA) is 41.5 Å². The van der Waals surface area contributed by atoms with Crippen molar-refractivity contribution in [1.29, 1.82) is 0 Å². The highest BCUT2D eigenvalue weighted by atomic mass is 16.5. The van der Waals surface area contributed by atoms with Gasteiger partial charge in [-0.2, -0.15) is 0 Å². The minimum atomic E-state index is -0.135. The Morgan fingerprint density at radius 3 is 2.50 bits per heavy atom. The number of aliphatic hydroxyl groups is 1. The Bertz CT molecular complexity index is 115. The van der Waals surface area contributed by atoms with Crippen LogP contribution in [0.4, 0.5) is 0 Å². The van der Waals surface area contributed by atoms with Crippen molar-refractivity contribution in [3.05, 3.63) is 0 Å². The molecule has 0 saturated heterocycles. The van der Waals surface area contributed by atoms with Crippen LogP contribution in [0.15, 0.2) is 0 Å². The molecule has 74 valence electrons. The summed E-state index contributed by atoms with van der Waals surface area (Å²) in [7, 11) is 0. The summed E-state index contributed by atoms with van der Waals surface area (Å²) in [5.41, 5.74) is -0.135. The molecule has 0 rings (SSSR count). The molecule has 0 aliphatic rings. The normalized spacial score (nSPS) is 14.8. The number of aliphatic hydroxyl groups excluding tert-OH is 1. The number of rotatable bonds is 6. The number of nitrogens with one attached hydrogen (secondary N) is 1. The van der Waals surface area contributed by atoms with E-state index in [0.29, 0.717) is 6.61 Å². The van der Waals surface area contributed by atoms with Gasteiger partial charge < -0.3 is 9.84 Å². The Labute approximate surface area is 75.1 Å². The summed E-state index contributed by atoms with van der Waals surface area (Å²) in [6.07, 6.45) is 0.0702. The second-order valence-electron chi connectivity index (χ2n) is 3.83. The summed E-state index contributed by atoms with van der Waals surface area (Å²) >= 11 is 0. The van der Waals surface area contributed by atoms with E-state index in [4.69, 9.17) is 9.84 Å². The highest BCUT2D eigenvalue weighted by Crippen LogP contribution is 2.14. The van der Waals surface area contributed by atoms with Gasteiger partial charge in [-0.1, -0.05) is 20.8 Å². The van der Waals surface area contributed by atoms with E-state index in [9.17, 15) is 0 Å². The van der Waals surface area contributed by atoms with Crippen LogP contribution in [0.1, 0.15) is 27.7 Å². The first-order valence-corrected chi connectivity index (χ1v) is 4.47. The zero-order valence-corrected chi connectivity index (χ0v) is 8.55. The molecule has 0 radical (unpaired) electrons. The summed E-state index contributed by atoms with van der Waals surface area (Å²) in [5.74, 6) is 0. The maximum Gasteiger partial charge on any atom is 0.105 e. The van der Waals surface area contributed by atoms with Crippen molar-refractivity contribution >= 4 is 0 Å². The smallest absolute Gasteiger partial charge is 0.105 e. The number of ether oxygens (including phenoxy) is 1. The monoisotopic (exact) mass is 175 g/mol. The average Bonchev–Trinajstić information content (AvgIpc) is 2.02. The second-order valence-corrected chi connectivity index (χ2v) is 3.83. The molecule has 0 fully saturated rings. The van der Waals surface area contributed by atoms with Crippen LogP contribution in [0.3, 0.4) is 0 Å². The second kappa shape index (κ2) is 5.51. The first-order valence-electron chi connectivity index (χ1n) is 4.47. The standard InChI is InChI=1S/C9H21NO2/c1-5-10-8(2)12-7-9(3,4)6-11/h8,10-11H,5-7H2,1-4H3. The van der Waals surface area contributed by atoms with Crippen LogP contribution in [0.2, 0.25) is 0 Å². The molecule has 2 N–H and O–H groups in total. The quantitative estimate of drug-likeness (QED) is 0.591. The van der Waals surface area contributed by atoms with Gasteiger partial charge in [-0.15, -0.1) is 0 Å². The van der Waals surface area contributed by atoms with Crippen LogP contribution < -0.4 is 5.32 Å². The molecule has 1 atom stereocenters. The molecule has 0 bridgehead atoms. The van der Waals surface area contributed by atoms with Gasteiger partial charge in [0.15, 0.2) is 0 Å². The van der Waals surface area contributed by atoms with Crippen molar-refractivity contribution < 1.29 is 9.84 Å². The van der Waals surface area contributed by atoms with E-state index in [2.05, 4.69) is 5.32 Å². The Morgan fingerprint density at radius 1 is 1.50 bits per heavy atom. The molecule has 0 aromatic carbocycles. The van der Waals surface area contributed by atoms with Crippen LogP contribution in [0, 0.1) is 5.41 Å². The van der Waals surface area contributed by atoms with Crippen molar-refractivity contribution in [1.82, 2.24) is 5.32 Å². The summed E-state index contributed by atoms with van der Waals surface area (Å²) < 4.78 is 5.47. The first-order chi connectivity index (χ1) is 5.52. The third-order valence-electron chi connectivity index (χ3n) is 1.64. The average molecular weight is 175 g/mol. The summed E-state index contributed by atoms with van der Waals surface area (Å²) in [5, 5.41) is 12.1. The largest absolute Gasteiger partial charge is 0.396 e. The molecule has 1 unspecified atom stereocenters. The van der Waals surface area contributed by atoms with E-state index < -0.39 is 0 Å². The van der Waals surface area contributed by atoms with Crippen molar-refractivity contribution in [3.8, 4) is 0 Å². The summed E-state index contributed by atoms with van der Waals surface area (Å²) in [6.45, 7) is 9.61. The zero-order valence-electron chi connectivity index (χ0n) is 8.55. The van der Waals surface area contributed by atoms with Gasteiger partial charge >= 0.3 is 0 Å². The van der Waals surface area contributed by atoms with E-state index in [0.717, 1.165) is 6.54 Å². The molecular formula is C9H21NO2. The molecule has 12 heavy (non-hydrogen) atoms. The predicted molar refractivity (Wildman–Crippen MR) is 50.0 cm³/mol. The molecule has 3 heteroatoms. The molecule has 0 aliphatic heterocycles. The van der Waals surface area contributed by atoms with E-state index in [1.807, 2.05) is 27.7 Å². The van der Waals surface area contributed by atoms with Gasteiger partial charge in [0.1, 0.15) is 6.23 Å². The van der Waals surface area contributed by atoms with Gasteiger partial charge in [-0.25, -0.2) is 0 Å². The SMILES string of the molecule is CCNC(C)OCC(C)(C)CO. The predicted octanol–water partition coefficient (Wildman–Crippen LogP) is 0.977. The van der Waals surface area contributed by atoms with Gasteiger partial charge in [0.05, 0.1) is 13.2 Å². The van der Waals surface area contributed by atoms with Crippen LogP contribution >= 0.6 is 0 Å². The van der Waals surface area contributed by atoms with Crippen molar-refractivity contribution in [2.75, 3.05) is 19.8 Å². The minimum Gasteiger partial charge on any atom is -0.396 e. The lowest BCUT2D eigenvalue weighted by atomic mass is 9.97. The van der Waals surface area contributed by atoms with Crippen LogP contribution in [0.25, 0.3) is 0 Å². The fraction of sp³-hybridized carbons (Fsp3) is 1.00. The number of hydrogen-bond donors (Lipinski definition) is 2. The highest BCUT2D eigenvalue weighted by Gasteiger charge is 2.17. The molecule has 0 spiro atoms. The van der Waals surface area contributed by atoms with E-state index in [1.54, 1.807) is 0 Å². The molecule has 3 nitrogen and oxygen atoms in total. The molecule has 0 heterocycles. The highest BCUT2D eigenvalue weighted by molar-refractivity contribution is 4.65. The van der Waals surface area contributed by atoms with Gasteiger partial charge in [0.2, 0.25) is 0 Å². The van der Waals surface area contributed by atoms with Crippen molar-refractivity contribution in [2.45, 2.75) is 33.9 Å².